The second-order valence-electron chi connectivity index (χ2n) is 4.90. The van der Waals surface area contributed by atoms with Gasteiger partial charge in [0.2, 0.25) is 0 Å². The van der Waals surface area contributed by atoms with Crippen LogP contribution in [0.3, 0.4) is 0 Å². The van der Waals surface area contributed by atoms with Crippen LogP contribution in [0.25, 0.3) is 0 Å². The Morgan fingerprint density at radius 1 is 1.59 bits per heavy atom. The summed E-state index contributed by atoms with van der Waals surface area (Å²) in [6, 6.07) is 0. The van der Waals surface area contributed by atoms with Gasteiger partial charge in [-0.3, -0.25) is 0 Å². The Morgan fingerprint density at radius 3 is 3.06 bits per heavy atom. The van der Waals surface area contributed by atoms with Crippen LogP contribution < -0.4 is 0 Å². The summed E-state index contributed by atoms with van der Waals surface area (Å²) >= 11 is 0. The molecule has 1 aromatic rings. The van der Waals surface area contributed by atoms with E-state index in [1.54, 1.807) is 10.9 Å². The number of hydrogen-bond acceptors (Lipinski definition) is 4. The Labute approximate surface area is 102 Å². The van der Waals surface area contributed by atoms with Crippen molar-refractivity contribution in [1.29, 1.82) is 0 Å². The maximum atomic E-state index is 10.5. The quantitative estimate of drug-likeness (QED) is 0.868. The van der Waals surface area contributed by atoms with Gasteiger partial charge in [0.15, 0.2) is 0 Å². The number of aliphatic hydroxyl groups excluding tert-OH is 1. The number of ether oxygens (including phenoxy) is 1. The molecule has 0 radical (unpaired) electrons. The molecule has 1 aromatic heterocycles. The topological polar surface area (TPSA) is 60.2 Å². The van der Waals surface area contributed by atoms with Gasteiger partial charge in [0.25, 0.3) is 0 Å². The molecule has 17 heavy (non-hydrogen) atoms. The van der Waals surface area contributed by atoms with Gasteiger partial charge in [-0.2, -0.15) is 0 Å². The molecule has 0 aliphatic carbocycles. The maximum absolute atomic E-state index is 10.5. The lowest BCUT2D eigenvalue weighted by molar-refractivity contribution is -0.140. The van der Waals surface area contributed by atoms with Crippen LogP contribution in [0.2, 0.25) is 0 Å². The SMILES string of the molecule is CCCn1nncc1C(O)C1(C)CCCCO1. The molecule has 96 valence electrons. The van der Waals surface area contributed by atoms with Gasteiger partial charge in [-0.25, -0.2) is 4.68 Å². The molecule has 1 fully saturated rings. The van der Waals surface area contributed by atoms with Crippen molar-refractivity contribution in [2.24, 2.45) is 0 Å². The van der Waals surface area contributed by atoms with Crippen LogP contribution in [-0.4, -0.2) is 32.3 Å². The molecule has 1 aliphatic rings. The van der Waals surface area contributed by atoms with E-state index in [1.807, 2.05) is 6.92 Å². The van der Waals surface area contributed by atoms with E-state index < -0.39 is 11.7 Å². The van der Waals surface area contributed by atoms with E-state index in [9.17, 15) is 5.11 Å². The molecule has 2 atom stereocenters. The van der Waals surface area contributed by atoms with Crippen LogP contribution in [-0.2, 0) is 11.3 Å². The van der Waals surface area contributed by atoms with E-state index in [0.29, 0.717) is 0 Å². The fourth-order valence-electron chi connectivity index (χ4n) is 2.35. The second kappa shape index (κ2) is 5.14. The lowest BCUT2D eigenvalue weighted by Gasteiger charge is -2.37. The van der Waals surface area contributed by atoms with Crippen molar-refractivity contribution in [2.45, 2.75) is 57.8 Å². The minimum Gasteiger partial charge on any atom is -0.384 e. The van der Waals surface area contributed by atoms with E-state index in [1.165, 1.54) is 0 Å². The van der Waals surface area contributed by atoms with Crippen LogP contribution >= 0.6 is 0 Å². The zero-order valence-electron chi connectivity index (χ0n) is 10.6. The number of hydrogen-bond donors (Lipinski definition) is 1. The van der Waals surface area contributed by atoms with E-state index in [2.05, 4.69) is 17.2 Å². The molecule has 0 amide bonds. The van der Waals surface area contributed by atoms with Crippen LogP contribution in [0.4, 0.5) is 0 Å². The van der Waals surface area contributed by atoms with Crippen LogP contribution in [0, 0.1) is 0 Å². The number of rotatable bonds is 4. The highest BCUT2D eigenvalue weighted by molar-refractivity contribution is 5.06. The molecule has 1 saturated heterocycles. The smallest absolute Gasteiger partial charge is 0.126 e. The first-order valence-electron chi connectivity index (χ1n) is 6.38. The molecule has 0 saturated carbocycles. The summed E-state index contributed by atoms with van der Waals surface area (Å²) in [6.45, 7) is 5.56. The highest BCUT2D eigenvalue weighted by Crippen LogP contribution is 2.36. The molecule has 2 rings (SSSR count). The van der Waals surface area contributed by atoms with Crippen LogP contribution in [0.15, 0.2) is 6.20 Å². The first-order valence-corrected chi connectivity index (χ1v) is 6.38. The van der Waals surface area contributed by atoms with E-state index >= 15 is 0 Å². The molecule has 1 N–H and O–H groups in total. The molecule has 0 spiro atoms. The number of aryl methyl sites for hydroxylation is 1. The van der Waals surface area contributed by atoms with Crippen molar-refractivity contribution in [3.63, 3.8) is 0 Å². The number of aliphatic hydroxyl groups is 1. The Hall–Kier alpha value is -0.940. The van der Waals surface area contributed by atoms with Crippen LogP contribution in [0.1, 0.15) is 51.3 Å². The van der Waals surface area contributed by atoms with Crippen molar-refractivity contribution >= 4 is 0 Å². The van der Waals surface area contributed by atoms with Gasteiger partial charge in [0.1, 0.15) is 6.10 Å². The minimum atomic E-state index is -0.649. The molecule has 0 aromatic carbocycles. The van der Waals surface area contributed by atoms with Gasteiger partial charge in [0.05, 0.1) is 17.5 Å². The average Bonchev–Trinajstić information content (AvgIpc) is 2.78. The van der Waals surface area contributed by atoms with Crippen molar-refractivity contribution in [2.75, 3.05) is 6.61 Å². The van der Waals surface area contributed by atoms with E-state index in [0.717, 1.165) is 44.5 Å². The lowest BCUT2D eigenvalue weighted by Crippen LogP contribution is -2.40. The normalized spacial score (nSPS) is 27.0. The monoisotopic (exact) mass is 239 g/mol. The highest BCUT2D eigenvalue weighted by atomic mass is 16.5. The summed E-state index contributed by atoms with van der Waals surface area (Å²) in [5.74, 6) is 0. The van der Waals surface area contributed by atoms with Crippen molar-refractivity contribution in [3.8, 4) is 0 Å². The third-order valence-electron chi connectivity index (χ3n) is 3.44. The summed E-state index contributed by atoms with van der Waals surface area (Å²) in [5.41, 5.74) is 0.266. The molecule has 5 nitrogen and oxygen atoms in total. The maximum Gasteiger partial charge on any atom is 0.126 e. The summed E-state index contributed by atoms with van der Waals surface area (Å²) in [5, 5.41) is 18.4. The largest absolute Gasteiger partial charge is 0.384 e. The minimum absolute atomic E-state index is 0.495. The average molecular weight is 239 g/mol. The third-order valence-corrected chi connectivity index (χ3v) is 3.44. The van der Waals surface area contributed by atoms with Gasteiger partial charge in [-0.1, -0.05) is 12.1 Å². The fraction of sp³-hybridized carbons (Fsp3) is 0.833. The molecule has 1 aliphatic heterocycles. The lowest BCUT2D eigenvalue weighted by atomic mass is 9.88. The Bertz CT molecular complexity index is 358. The van der Waals surface area contributed by atoms with E-state index in [4.69, 9.17) is 4.74 Å². The summed E-state index contributed by atoms with van der Waals surface area (Å²) in [6.07, 6.45) is 5.03. The van der Waals surface area contributed by atoms with Gasteiger partial charge in [0, 0.05) is 13.2 Å². The third kappa shape index (κ3) is 2.50. The zero-order chi connectivity index (χ0) is 12.3. The first-order chi connectivity index (χ1) is 8.17. The standard InChI is InChI=1S/C12H21N3O2/c1-3-7-15-10(9-13-14-15)11(16)12(2)6-4-5-8-17-12/h9,11,16H,3-8H2,1-2H3. The first kappa shape index (κ1) is 12.5. The number of nitrogens with zero attached hydrogens (tertiary/aromatic N) is 3. The summed E-state index contributed by atoms with van der Waals surface area (Å²) in [7, 11) is 0. The van der Waals surface area contributed by atoms with Crippen LogP contribution in [0.5, 0.6) is 0 Å². The Morgan fingerprint density at radius 2 is 2.41 bits per heavy atom. The van der Waals surface area contributed by atoms with Crippen molar-refractivity contribution in [3.05, 3.63) is 11.9 Å². The summed E-state index contributed by atoms with van der Waals surface area (Å²) < 4.78 is 7.54. The summed E-state index contributed by atoms with van der Waals surface area (Å²) in [4.78, 5) is 0. The predicted octanol–water partition coefficient (Wildman–Crippen LogP) is 1.68. The predicted molar refractivity (Wildman–Crippen MR) is 63.5 cm³/mol. The van der Waals surface area contributed by atoms with Gasteiger partial charge in [-0.15, -0.1) is 5.10 Å². The number of aromatic nitrogens is 3. The van der Waals surface area contributed by atoms with Crippen molar-refractivity contribution < 1.29 is 9.84 Å². The molecule has 0 bridgehead atoms. The van der Waals surface area contributed by atoms with Crippen molar-refractivity contribution in [1.82, 2.24) is 15.0 Å². The highest BCUT2D eigenvalue weighted by Gasteiger charge is 2.38. The molecule has 5 heteroatoms. The Kier molecular flexibility index (Phi) is 3.79. The van der Waals surface area contributed by atoms with Gasteiger partial charge < -0.3 is 9.84 Å². The molecular weight excluding hydrogens is 218 g/mol. The zero-order valence-corrected chi connectivity index (χ0v) is 10.6. The molecular formula is C12H21N3O2. The fourth-order valence-corrected chi connectivity index (χ4v) is 2.35. The Balaban J connectivity index is 2.17. The second-order valence-corrected chi connectivity index (χ2v) is 4.90. The molecule has 2 heterocycles. The van der Waals surface area contributed by atoms with E-state index in [-0.39, 0.29) is 0 Å². The van der Waals surface area contributed by atoms with Gasteiger partial charge >= 0.3 is 0 Å². The van der Waals surface area contributed by atoms with Gasteiger partial charge in [-0.05, 0) is 32.6 Å². The molecule has 2 unspecified atom stereocenters.